The first-order valence-electron chi connectivity index (χ1n) is 16.5. The van der Waals surface area contributed by atoms with Crippen molar-refractivity contribution in [3.05, 3.63) is 96.3 Å². The number of thiazole rings is 3. The van der Waals surface area contributed by atoms with Crippen LogP contribution in [-0.2, 0) is 19.0 Å². The van der Waals surface area contributed by atoms with Crippen LogP contribution in [0.1, 0.15) is 49.3 Å². The lowest BCUT2D eigenvalue weighted by molar-refractivity contribution is -0.385. The summed E-state index contributed by atoms with van der Waals surface area (Å²) in [7, 11) is 0. The minimum atomic E-state index is -0.592. The highest BCUT2D eigenvalue weighted by atomic mass is 35.5. The largest absolute Gasteiger partial charge is 0.478 e. The lowest BCUT2D eigenvalue weighted by Gasteiger charge is -2.21. The number of nitrogens with one attached hydrogen (secondary N) is 1. The molecule has 0 radical (unpaired) electrons. The van der Waals surface area contributed by atoms with Crippen molar-refractivity contribution >= 4 is 109 Å². The van der Waals surface area contributed by atoms with E-state index in [1.165, 1.54) is 63.2 Å². The molecular weight excluding hydrogens is 894 g/mol. The Morgan fingerprint density at radius 3 is 1.59 bits per heavy atom. The molecular formula is C32H41Cl5N10O6S3. The molecule has 0 unspecified atom stereocenters. The van der Waals surface area contributed by atoms with Gasteiger partial charge >= 0.3 is 11.4 Å². The smallest absolute Gasteiger partial charge is 0.311 e. The van der Waals surface area contributed by atoms with Crippen LogP contribution in [0.2, 0.25) is 18.6 Å². The topological polar surface area (TPSA) is 210 Å². The number of aromatic nitrogens is 5. The number of nitrogens with zero attached hydrogens (tertiary/aromatic N) is 8. The van der Waals surface area contributed by atoms with Crippen molar-refractivity contribution in [1.29, 1.82) is 0 Å². The Balaban J connectivity index is 0.000000392. The summed E-state index contributed by atoms with van der Waals surface area (Å²) in [5.41, 5.74) is 4.58. The predicted molar refractivity (Wildman–Crippen MR) is 229 cm³/mol. The zero-order valence-electron chi connectivity index (χ0n) is 30.9. The van der Waals surface area contributed by atoms with Crippen molar-refractivity contribution in [3.8, 4) is 11.8 Å². The van der Waals surface area contributed by atoms with E-state index in [2.05, 4.69) is 37.2 Å². The van der Waals surface area contributed by atoms with Crippen molar-refractivity contribution in [2.24, 2.45) is 5.73 Å². The van der Waals surface area contributed by atoms with Gasteiger partial charge in [-0.1, -0.05) is 60.3 Å². The molecule has 0 aliphatic carbocycles. The molecule has 0 aliphatic heterocycles. The number of nitro groups is 2. The number of nitrogens with two attached hydrogens (primary N) is 1. The molecule has 3 N–H and O–H groups in total. The molecule has 308 valence electrons. The van der Waals surface area contributed by atoms with Gasteiger partial charge in [-0.25, -0.2) is 15.0 Å². The summed E-state index contributed by atoms with van der Waals surface area (Å²) in [4.78, 5) is 45.1. The fourth-order valence-corrected chi connectivity index (χ4v) is 6.86. The van der Waals surface area contributed by atoms with Gasteiger partial charge in [0.1, 0.15) is 0 Å². The maximum Gasteiger partial charge on any atom is 0.311 e. The summed E-state index contributed by atoms with van der Waals surface area (Å²) in [5, 5.41) is 24.6. The lowest BCUT2D eigenvalue weighted by atomic mass is 10.3. The molecule has 0 saturated carbocycles. The van der Waals surface area contributed by atoms with Crippen LogP contribution in [0.15, 0.2) is 42.9 Å². The Morgan fingerprint density at radius 2 is 1.21 bits per heavy atom. The number of ether oxygens (including phenoxy) is 2. The first-order chi connectivity index (χ1) is 26.8. The lowest BCUT2D eigenvalue weighted by Crippen LogP contribution is -2.23. The molecule has 5 aromatic rings. The van der Waals surface area contributed by atoms with Gasteiger partial charge in [0.2, 0.25) is 22.7 Å². The molecule has 0 atom stereocenters. The van der Waals surface area contributed by atoms with Crippen molar-refractivity contribution in [2.45, 2.75) is 53.6 Å². The molecule has 0 amide bonds. The quantitative estimate of drug-likeness (QED) is 0.0459. The van der Waals surface area contributed by atoms with Crippen molar-refractivity contribution in [1.82, 2.24) is 30.2 Å². The molecule has 16 nitrogen and oxygen atoms in total. The number of pyridine rings is 2. The summed E-state index contributed by atoms with van der Waals surface area (Å²) in [5.74, 6) is 1.44. The molecule has 5 heterocycles. The fourth-order valence-electron chi connectivity index (χ4n) is 3.64. The van der Waals surface area contributed by atoms with E-state index in [-0.39, 0.29) is 28.2 Å². The Bertz CT molecular complexity index is 1890. The van der Waals surface area contributed by atoms with E-state index in [0.717, 1.165) is 29.4 Å². The molecule has 56 heavy (non-hydrogen) atoms. The summed E-state index contributed by atoms with van der Waals surface area (Å²) < 4.78 is 12.0. The number of hydrogen-bond acceptors (Lipinski definition) is 17. The molecule has 0 bridgehead atoms. The van der Waals surface area contributed by atoms with E-state index >= 15 is 0 Å². The first kappa shape index (κ1) is 50.8. The van der Waals surface area contributed by atoms with E-state index in [1.807, 2.05) is 20.8 Å². The minimum absolute atomic E-state index is 0.0547. The summed E-state index contributed by atoms with van der Waals surface area (Å²) in [6.07, 6.45) is 5.14. The van der Waals surface area contributed by atoms with Crippen LogP contribution in [0.4, 0.5) is 17.2 Å². The summed E-state index contributed by atoms with van der Waals surface area (Å²) in [6.45, 7) is 14.0. The van der Waals surface area contributed by atoms with E-state index in [4.69, 9.17) is 73.2 Å². The van der Waals surface area contributed by atoms with Gasteiger partial charge in [-0.15, -0.1) is 45.6 Å². The van der Waals surface area contributed by atoms with E-state index < -0.39 is 9.85 Å². The van der Waals surface area contributed by atoms with E-state index in [1.54, 1.807) is 30.4 Å². The van der Waals surface area contributed by atoms with Gasteiger partial charge in [0, 0.05) is 70.6 Å². The van der Waals surface area contributed by atoms with E-state index in [0.29, 0.717) is 51.5 Å². The molecule has 0 aromatic carbocycles. The maximum absolute atomic E-state index is 11.2. The van der Waals surface area contributed by atoms with Crippen molar-refractivity contribution < 1.29 is 19.3 Å². The summed E-state index contributed by atoms with van der Waals surface area (Å²) in [6, 6.07) is 5.59. The molecule has 5 aromatic heterocycles. The number of hydrogen-bond donors (Lipinski definition) is 2. The zero-order valence-corrected chi connectivity index (χ0v) is 37.1. The van der Waals surface area contributed by atoms with Crippen LogP contribution < -0.4 is 25.4 Å². The van der Waals surface area contributed by atoms with Crippen molar-refractivity contribution in [3.63, 3.8) is 0 Å². The number of rotatable bonds is 14. The van der Waals surface area contributed by atoms with Gasteiger partial charge in [0.05, 0.1) is 35.5 Å². The highest BCUT2D eigenvalue weighted by molar-refractivity contribution is 7.16. The molecule has 24 heteroatoms. The standard InChI is InChI=1S/C13H15ClN4O3S.C7H7ClN2O3.C6H9ClN2S.C4H3Cl2NS.C2H7N/c1-3-17(8-9-7-15-13(14)22-9)12-10(18(19)20)5-6-11(16-12)21-4-2;1-2-13-6-4-3-5(10(11)12)7(8)9-6;1-2-8-3-5-4-9-6(7)10-5;5-1-3-2-7-4(6)8-3;1-2-3/h5-7H,3-4,8H2,1-2H3;3-4H,2H2,1H3;4,8H,2-3H2,1H3;2H,1H2;2-3H2,1H3. The average Bonchev–Trinajstić information content (AvgIpc) is 3.91. The zero-order chi connectivity index (χ0) is 42.0. The van der Waals surface area contributed by atoms with Crippen LogP contribution in [0.5, 0.6) is 11.8 Å². The third-order valence-corrected chi connectivity index (χ3v) is 9.95. The van der Waals surface area contributed by atoms with Crippen LogP contribution in [-0.4, -0.2) is 67.6 Å². The molecule has 0 aliphatic rings. The van der Waals surface area contributed by atoms with Gasteiger partial charge in [-0.05, 0) is 33.9 Å². The number of anilines is 1. The second-order valence-electron chi connectivity index (χ2n) is 9.91. The molecule has 0 fully saturated rings. The van der Waals surface area contributed by atoms with Crippen LogP contribution in [0, 0.1) is 20.2 Å². The molecule has 0 spiro atoms. The van der Waals surface area contributed by atoms with Crippen LogP contribution in [0.3, 0.4) is 0 Å². The molecule has 0 saturated heterocycles. The maximum atomic E-state index is 11.2. The minimum Gasteiger partial charge on any atom is -0.478 e. The predicted octanol–water partition coefficient (Wildman–Crippen LogP) is 9.97. The Morgan fingerprint density at radius 1 is 0.750 bits per heavy atom. The van der Waals surface area contributed by atoms with Gasteiger partial charge in [-0.3, -0.25) is 20.2 Å². The van der Waals surface area contributed by atoms with Crippen LogP contribution >= 0.6 is 92.0 Å². The summed E-state index contributed by atoms with van der Waals surface area (Å²) >= 11 is 32.2. The van der Waals surface area contributed by atoms with Crippen LogP contribution in [0.25, 0.3) is 0 Å². The van der Waals surface area contributed by atoms with Gasteiger partial charge < -0.3 is 25.4 Å². The van der Waals surface area contributed by atoms with Gasteiger partial charge in [0.15, 0.2) is 13.4 Å². The third kappa shape index (κ3) is 19.8. The number of alkyl halides is 1. The second kappa shape index (κ2) is 29.0. The average molecular weight is 935 g/mol. The highest BCUT2D eigenvalue weighted by Crippen LogP contribution is 2.31. The normalized spacial score (nSPS) is 9.91. The third-order valence-electron chi connectivity index (χ3n) is 5.90. The Kier molecular flexibility index (Phi) is 26.3. The highest BCUT2D eigenvalue weighted by Gasteiger charge is 2.22. The monoisotopic (exact) mass is 932 g/mol. The Hall–Kier alpha value is -3.24. The molecule has 5 rings (SSSR count). The fraction of sp³-hybridized carbons (Fsp3) is 0.406. The number of halogens is 5. The Labute approximate surface area is 361 Å². The van der Waals surface area contributed by atoms with Crippen molar-refractivity contribution in [2.75, 3.05) is 37.7 Å². The SMILES string of the molecule is CCN.CCNCc1cnc(Cl)s1.CCOc1ccc([N+](=O)[O-])c(Cl)n1.CCOc1ccc([N+](=O)[O-])c(N(CC)Cc2cnc(Cl)s2)n1.ClCc1cnc(Cl)s1. The first-order valence-corrected chi connectivity index (χ1v) is 21.0. The van der Waals surface area contributed by atoms with E-state index in [9.17, 15) is 20.2 Å². The van der Waals surface area contributed by atoms with Gasteiger partial charge in [-0.2, -0.15) is 9.97 Å². The van der Waals surface area contributed by atoms with Gasteiger partial charge in [0.25, 0.3) is 0 Å². The second-order valence-corrected chi connectivity index (χ2v) is 15.6.